The summed E-state index contributed by atoms with van der Waals surface area (Å²) < 4.78 is 7.68. The molecule has 2 heterocycles. The van der Waals surface area contributed by atoms with Crippen LogP contribution in [0.25, 0.3) is 0 Å². The van der Waals surface area contributed by atoms with E-state index in [1.165, 1.54) is 32.1 Å². The van der Waals surface area contributed by atoms with Crippen LogP contribution in [0.2, 0.25) is 0 Å². The van der Waals surface area contributed by atoms with E-state index in [-0.39, 0.29) is 6.04 Å². The molecule has 0 aromatic carbocycles. The lowest BCUT2D eigenvalue weighted by atomic mass is 9.96. The quantitative estimate of drug-likeness (QED) is 0.914. The summed E-state index contributed by atoms with van der Waals surface area (Å²) in [6.07, 6.45) is 10.4. The molecular weight excluding hydrogens is 264 g/mol. The van der Waals surface area contributed by atoms with Crippen LogP contribution in [0.15, 0.2) is 22.9 Å². The summed E-state index contributed by atoms with van der Waals surface area (Å²) in [5, 5.41) is 8.12. The van der Waals surface area contributed by atoms with Gasteiger partial charge in [-0.25, -0.2) is 4.98 Å². The first kappa shape index (κ1) is 14.3. The molecule has 5 heteroatoms. The molecule has 1 saturated carbocycles. The molecule has 0 aliphatic heterocycles. The van der Waals surface area contributed by atoms with E-state index in [0.29, 0.717) is 6.04 Å². The van der Waals surface area contributed by atoms with Crippen LogP contribution >= 0.6 is 0 Å². The highest BCUT2D eigenvalue weighted by Gasteiger charge is 2.16. The maximum Gasteiger partial charge on any atom is 0.211 e. The average Bonchev–Trinajstić information content (AvgIpc) is 3.15. The molecule has 1 aliphatic rings. The number of aromatic nitrogens is 3. The van der Waals surface area contributed by atoms with Gasteiger partial charge >= 0.3 is 0 Å². The van der Waals surface area contributed by atoms with E-state index < -0.39 is 0 Å². The van der Waals surface area contributed by atoms with Crippen LogP contribution in [0.5, 0.6) is 0 Å². The van der Waals surface area contributed by atoms with E-state index in [0.717, 1.165) is 23.9 Å². The molecule has 1 unspecified atom stereocenters. The van der Waals surface area contributed by atoms with Crippen molar-refractivity contribution in [3.05, 3.63) is 35.8 Å². The molecule has 0 bridgehead atoms. The van der Waals surface area contributed by atoms with Gasteiger partial charge in [-0.1, -0.05) is 19.3 Å². The number of hydrogen-bond donors (Lipinski definition) is 1. The van der Waals surface area contributed by atoms with Crippen LogP contribution in [0.1, 0.15) is 68.5 Å². The summed E-state index contributed by atoms with van der Waals surface area (Å²) in [6.45, 7) is 4.71. The fourth-order valence-electron chi connectivity index (χ4n) is 2.94. The van der Waals surface area contributed by atoms with E-state index in [2.05, 4.69) is 34.2 Å². The third-order valence-corrected chi connectivity index (χ3v) is 4.21. The van der Waals surface area contributed by atoms with E-state index in [1.807, 2.05) is 6.92 Å². The predicted molar refractivity (Wildman–Crippen MR) is 80.8 cm³/mol. The van der Waals surface area contributed by atoms with Crippen molar-refractivity contribution in [3.63, 3.8) is 0 Å². The smallest absolute Gasteiger partial charge is 0.211 e. The first-order valence-electron chi connectivity index (χ1n) is 7.92. The van der Waals surface area contributed by atoms with Gasteiger partial charge in [-0.15, -0.1) is 0 Å². The zero-order chi connectivity index (χ0) is 14.7. The topological polar surface area (TPSA) is 55.9 Å². The summed E-state index contributed by atoms with van der Waals surface area (Å²) in [7, 11) is 0. The number of hydrogen-bond acceptors (Lipinski definition) is 4. The second-order valence-corrected chi connectivity index (χ2v) is 5.99. The van der Waals surface area contributed by atoms with Crippen LogP contribution in [0.4, 0.5) is 0 Å². The molecule has 0 amide bonds. The maximum absolute atomic E-state index is 5.53. The fraction of sp³-hybridized carbons (Fsp3) is 0.625. The molecule has 3 rings (SSSR count). The summed E-state index contributed by atoms with van der Waals surface area (Å²) in [6, 6.07) is 2.80. The molecule has 2 aromatic heterocycles. The molecular formula is C16H24N4O. The molecule has 5 nitrogen and oxygen atoms in total. The van der Waals surface area contributed by atoms with E-state index in [1.54, 1.807) is 6.20 Å². The van der Waals surface area contributed by atoms with Crippen molar-refractivity contribution in [1.82, 2.24) is 20.1 Å². The van der Waals surface area contributed by atoms with Crippen molar-refractivity contribution in [2.75, 3.05) is 0 Å². The van der Waals surface area contributed by atoms with Crippen LogP contribution in [-0.4, -0.2) is 14.8 Å². The minimum absolute atomic E-state index is 0.0959. The Bertz CT molecular complexity index is 568. The summed E-state index contributed by atoms with van der Waals surface area (Å²) in [5.41, 5.74) is 1.08. The van der Waals surface area contributed by atoms with Gasteiger partial charge in [0.15, 0.2) is 0 Å². The number of nitrogens with one attached hydrogen (secondary N) is 1. The highest BCUT2D eigenvalue weighted by Crippen LogP contribution is 2.27. The lowest BCUT2D eigenvalue weighted by Crippen LogP contribution is -2.19. The Morgan fingerprint density at radius 2 is 2.19 bits per heavy atom. The Morgan fingerprint density at radius 3 is 2.90 bits per heavy atom. The highest BCUT2D eigenvalue weighted by molar-refractivity contribution is 5.01. The first-order chi connectivity index (χ1) is 10.2. The van der Waals surface area contributed by atoms with Crippen molar-refractivity contribution < 1.29 is 4.42 Å². The Kier molecular flexibility index (Phi) is 4.39. The van der Waals surface area contributed by atoms with E-state index in [9.17, 15) is 0 Å². The zero-order valence-electron chi connectivity index (χ0n) is 12.9. The molecule has 0 saturated heterocycles. The minimum Gasteiger partial charge on any atom is -0.444 e. The van der Waals surface area contributed by atoms with Gasteiger partial charge < -0.3 is 9.73 Å². The SMILES string of the molecule is Cc1cnc(C(C)NCc2ccn(C3CCCCC3)n2)o1. The van der Waals surface area contributed by atoms with Gasteiger partial charge in [-0.05, 0) is 32.8 Å². The molecule has 0 spiro atoms. The van der Waals surface area contributed by atoms with Crippen molar-refractivity contribution in [1.29, 1.82) is 0 Å². The van der Waals surface area contributed by atoms with Gasteiger partial charge in [-0.2, -0.15) is 5.10 Å². The molecule has 114 valence electrons. The zero-order valence-corrected chi connectivity index (χ0v) is 12.9. The second-order valence-electron chi connectivity index (χ2n) is 5.99. The van der Waals surface area contributed by atoms with Gasteiger partial charge in [-0.3, -0.25) is 4.68 Å². The number of oxazole rings is 1. The van der Waals surface area contributed by atoms with Gasteiger partial charge in [0.05, 0.1) is 24.0 Å². The van der Waals surface area contributed by atoms with Crippen LogP contribution in [0, 0.1) is 6.92 Å². The van der Waals surface area contributed by atoms with Crippen molar-refractivity contribution in [2.24, 2.45) is 0 Å². The van der Waals surface area contributed by atoms with E-state index in [4.69, 9.17) is 9.52 Å². The van der Waals surface area contributed by atoms with E-state index >= 15 is 0 Å². The van der Waals surface area contributed by atoms with Gasteiger partial charge in [0, 0.05) is 12.7 Å². The Balaban J connectivity index is 1.54. The van der Waals surface area contributed by atoms with Crippen molar-refractivity contribution in [2.45, 2.75) is 64.6 Å². The molecule has 0 radical (unpaired) electrons. The monoisotopic (exact) mass is 288 g/mol. The van der Waals surface area contributed by atoms with Crippen LogP contribution < -0.4 is 5.32 Å². The summed E-state index contributed by atoms with van der Waals surface area (Å²) in [4.78, 5) is 4.25. The lowest BCUT2D eigenvalue weighted by Gasteiger charge is -2.21. The molecule has 2 aromatic rings. The maximum atomic E-state index is 5.53. The minimum atomic E-state index is 0.0959. The normalized spacial score (nSPS) is 18.0. The largest absolute Gasteiger partial charge is 0.444 e. The van der Waals surface area contributed by atoms with Crippen LogP contribution in [-0.2, 0) is 6.54 Å². The first-order valence-corrected chi connectivity index (χ1v) is 7.92. The second kappa shape index (κ2) is 6.43. The fourth-order valence-corrected chi connectivity index (χ4v) is 2.94. The predicted octanol–water partition coefficient (Wildman–Crippen LogP) is 3.54. The molecule has 21 heavy (non-hydrogen) atoms. The molecule has 1 aliphatic carbocycles. The van der Waals surface area contributed by atoms with Crippen molar-refractivity contribution in [3.8, 4) is 0 Å². The standard InChI is InChI=1S/C16H24N4O/c1-12-10-18-16(21-12)13(2)17-11-14-8-9-20(19-14)15-6-4-3-5-7-15/h8-10,13,15,17H,3-7,11H2,1-2H3. The Hall–Kier alpha value is -1.62. The lowest BCUT2D eigenvalue weighted by molar-refractivity contribution is 0.327. The van der Waals surface area contributed by atoms with Gasteiger partial charge in [0.1, 0.15) is 5.76 Å². The number of rotatable bonds is 5. The third-order valence-electron chi connectivity index (χ3n) is 4.21. The highest BCUT2D eigenvalue weighted by atomic mass is 16.4. The summed E-state index contributed by atoms with van der Waals surface area (Å²) >= 11 is 0. The molecule has 1 N–H and O–H groups in total. The molecule has 1 atom stereocenters. The van der Waals surface area contributed by atoms with Gasteiger partial charge in [0.2, 0.25) is 5.89 Å². The Labute approximate surface area is 125 Å². The average molecular weight is 288 g/mol. The van der Waals surface area contributed by atoms with Gasteiger partial charge in [0.25, 0.3) is 0 Å². The third kappa shape index (κ3) is 3.53. The number of aryl methyl sites for hydroxylation is 1. The summed E-state index contributed by atoms with van der Waals surface area (Å²) in [5.74, 6) is 1.58. The number of nitrogens with zero attached hydrogens (tertiary/aromatic N) is 3. The Morgan fingerprint density at radius 1 is 1.38 bits per heavy atom. The molecule has 1 fully saturated rings. The van der Waals surface area contributed by atoms with Crippen LogP contribution in [0.3, 0.4) is 0 Å². The van der Waals surface area contributed by atoms with Crippen molar-refractivity contribution >= 4 is 0 Å².